The van der Waals surface area contributed by atoms with E-state index < -0.39 is 0 Å². The third kappa shape index (κ3) is 7.92. The molecule has 28 heavy (non-hydrogen) atoms. The molecule has 0 N–H and O–H groups in total. The lowest BCUT2D eigenvalue weighted by atomic mass is 10.0. The molecule has 1 saturated heterocycles. The fraction of sp³-hybridized carbons (Fsp3) is 0.565. The maximum absolute atomic E-state index is 5.17. The summed E-state index contributed by atoms with van der Waals surface area (Å²) in [5, 5.41) is 2.08. The van der Waals surface area contributed by atoms with Gasteiger partial charge in [-0.2, -0.15) is 0 Å². The van der Waals surface area contributed by atoms with Crippen LogP contribution in [0.1, 0.15) is 23.3 Å². The molecule has 0 atom stereocenters. The van der Waals surface area contributed by atoms with E-state index in [2.05, 4.69) is 84.5 Å². The van der Waals surface area contributed by atoms with Gasteiger partial charge in [0.2, 0.25) is 0 Å². The van der Waals surface area contributed by atoms with Crippen molar-refractivity contribution in [3.63, 3.8) is 0 Å². The standard InChI is InChI=1S/C18H31N3O.C5H6S/c1-19(2)17-7-5-16(6-8-17)15-21-11-9-18(10-12-21)20(3)13-14-22-4;1-5-3-2-4-6-5/h5-8,18H,9-15H2,1-4H3;2-4H,1H3. The van der Waals surface area contributed by atoms with Crippen molar-refractivity contribution < 1.29 is 4.74 Å². The molecule has 0 saturated carbocycles. The van der Waals surface area contributed by atoms with Crippen LogP contribution in [0.5, 0.6) is 0 Å². The number of hydrogen-bond donors (Lipinski definition) is 0. The second-order valence-electron chi connectivity index (χ2n) is 7.77. The molecule has 0 radical (unpaired) electrons. The minimum Gasteiger partial charge on any atom is -0.383 e. The van der Waals surface area contributed by atoms with E-state index in [1.54, 1.807) is 18.4 Å². The van der Waals surface area contributed by atoms with Gasteiger partial charge in [0.25, 0.3) is 0 Å². The Morgan fingerprint density at radius 1 is 1.07 bits per heavy atom. The molecule has 4 nitrogen and oxygen atoms in total. The Morgan fingerprint density at radius 3 is 2.21 bits per heavy atom. The van der Waals surface area contributed by atoms with Crippen LogP contribution in [0.3, 0.4) is 0 Å². The molecule has 0 spiro atoms. The Bertz CT molecular complexity index is 634. The number of likely N-dealkylation sites (tertiary alicyclic amines) is 1. The van der Waals surface area contributed by atoms with Crippen molar-refractivity contribution >= 4 is 17.0 Å². The van der Waals surface area contributed by atoms with E-state index in [1.807, 2.05) is 0 Å². The number of hydrogen-bond acceptors (Lipinski definition) is 5. The van der Waals surface area contributed by atoms with E-state index in [4.69, 9.17) is 4.74 Å². The minimum atomic E-state index is 0.711. The van der Waals surface area contributed by atoms with Gasteiger partial charge in [-0.15, -0.1) is 11.3 Å². The van der Waals surface area contributed by atoms with Gasteiger partial charge in [-0.05, 0) is 69.0 Å². The predicted octanol–water partition coefficient (Wildman–Crippen LogP) is 4.35. The Kier molecular flexibility index (Phi) is 9.99. The van der Waals surface area contributed by atoms with E-state index in [0.29, 0.717) is 6.04 Å². The molecular formula is C23H37N3OS. The Labute approximate surface area is 175 Å². The van der Waals surface area contributed by atoms with Crippen LogP contribution in [0.15, 0.2) is 41.8 Å². The van der Waals surface area contributed by atoms with E-state index in [9.17, 15) is 0 Å². The molecule has 1 aliphatic heterocycles. The maximum atomic E-state index is 5.17. The first-order chi connectivity index (χ1) is 13.5. The highest BCUT2D eigenvalue weighted by atomic mass is 32.1. The first-order valence-corrected chi connectivity index (χ1v) is 11.1. The fourth-order valence-corrected chi connectivity index (χ4v) is 3.98. The average Bonchev–Trinajstić information content (AvgIpc) is 3.18. The third-order valence-corrected chi connectivity index (χ3v) is 6.15. The Hall–Kier alpha value is -1.40. The van der Waals surface area contributed by atoms with Gasteiger partial charge in [-0.25, -0.2) is 0 Å². The van der Waals surface area contributed by atoms with Crippen LogP contribution in [0, 0.1) is 6.92 Å². The normalized spacial score (nSPS) is 15.4. The van der Waals surface area contributed by atoms with Crippen molar-refractivity contribution in [3.8, 4) is 0 Å². The molecular weight excluding hydrogens is 366 g/mol. The summed E-state index contributed by atoms with van der Waals surface area (Å²) in [6.45, 7) is 7.42. The fourth-order valence-electron chi connectivity index (χ4n) is 3.45. The summed E-state index contributed by atoms with van der Waals surface area (Å²) in [7, 11) is 8.16. The number of ether oxygens (including phenoxy) is 1. The number of methoxy groups -OCH3 is 1. The average molecular weight is 404 g/mol. The molecule has 5 heteroatoms. The van der Waals surface area contributed by atoms with Crippen LogP contribution in [0.25, 0.3) is 0 Å². The van der Waals surface area contributed by atoms with Crippen LogP contribution in [-0.2, 0) is 11.3 Å². The second kappa shape index (κ2) is 12.2. The smallest absolute Gasteiger partial charge is 0.0589 e. The first-order valence-electron chi connectivity index (χ1n) is 10.2. The van der Waals surface area contributed by atoms with Crippen molar-refractivity contribution in [3.05, 3.63) is 52.2 Å². The summed E-state index contributed by atoms with van der Waals surface area (Å²) in [6.07, 6.45) is 2.52. The summed E-state index contributed by atoms with van der Waals surface area (Å²) in [5.41, 5.74) is 2.68. The van der Waals surface area contributed by atoms with Gasteiger partial charge in [0, 0.05) is 50.9 Å². The summed E-state index contributed by atoms with van der Waals surface area (Å²) in [6, 6.07) is 13.8. The number of thiophene rings is 1. The largest absolute Gasteiger partial charge is 0.383 e. The lowest BCUT2D eigenvalue weighted by Gasteiger charge is -2.36. The van der Waals surface area contributed by atoms with Crippen molar-refractivity contribution in [2.24, 2.45) is 0 Å². The zero-order chi connectivity index (χ0) is 20.4. The van der Waals surface area contributed by atoms with Crippen LogP contribution in [0.4, 0.5) is 5.69 Å². The Morgan fingerprint density at radius 2 is 1.75 bits per heavy atom. The number of nitrogens with zero attached hydrogens (tertiary/aromatic N) is 3. The molecule has 2 heterocycles. The zero-order valence-electron chi connectivity index (χ0n) is 18.2. The van der Waals surface area contributed by atoms with Crippen LogP contribution >= 0.6 is 11.3 Å². The minimum absolute atomic E-state index is 0.711. The number of rotatable bonds is 7. The topological polar surface area (TPSA) is 19.0 Å². The van der Waals surface area contributed by atoms with Crippen molar-refractivity contribution in [1.82, 2.24) is 9.80 Å². The van der Waals surface area contributed by atoms with Gasteiger partial charge in [0.15, 0.2) is 0 Å². The quantitative estimate of drug-likeness (QED) is 0.684. The molecule has 0 bridgehead atoms. The second-order valence-corrected chi connectivity index (χ2v) is 8.92. The summed E-state index contributed by atoms with van der Waals surface area (Å²) >= 11 is 1.78. The highest BCUT2D eigenvalue weighted by molar-refractivity contribution is 7.09. The zero-order valence-corrected chi connectivity index (χ0v) is 19.0. The van der Waals surface area contributed by atoms with E-state index in [-0.39, 0.29) is 0 Å². The number of likely N-dealkylation sites (N-methyl/N-ethyl adjacent to an activating group) is 1. The van der Waals surface area contributed by atoms with E-state index in [1.165, 1.54) is 42.1 Å². The first kappa shape index (κ1) is 22.9. The Balaban J connectivity index is 0.000000397. The monoisotopic (exact) mass is 403 g/mol. The molecule has 156 valence electrons. The molecule has 3 rings (SSSR count). The summed E-state index contributed by atoms with van der Waals surface area (Å²) in [5.74, 6) is 0. The van der Waals surface area contributed by atoms with Crippen LogP contribution in [-0.4, -0.2) is 70.3 Å². The van der Waals surface area contributed by atoms with Gasteiger partial charge in [0.05, 0.1) is 6.61 Å². The lowest BCUT2D eigenvalue weighted by Crippen LogP contribution is -2.43. The van der Waals surface area contributed by atoms with Gasteiger partial charge in [0.1, 0.15) is 0 Å². The predicted molar refractivity (Wildman–Crippen MR) is 123 cm³/mol. The summed E-state index contributed by atoms with van der Waals surface area (Å²) < 4.78 is 5.17. The highest BCUT2D eigenvalue weighted by Gasteiger charge is 2.22. The molecule has 0 amide bonds. The lowest BCUT2D eigenvalue weighted by molar-refractivity contribution is 0.0945. The number of piperidine rings is 1. The molecule has 1 aliphatic rings. The maximum Gasteiger partial charge on any atom is 0.0589 e. The van der Waals surface area contributed by atoms with Crippen molar-refractivity contribution in [2.75, 3.05) is 59.4 Å². The molecule has 0 unspecified atom stereocenters. The van der Waals surface area contributed by atoms with Crippen LogP contribution in [0.2, 0.25) is 0 Å². The molecule has 1 aromatic heterocycles. The number of benzene rings is 1. The van der Waals surface area contributed by atoms with Gasteiger partial charge in [-0.3, -0.25) is 4.90 Å². The SMILES string of the molecule is COCCN(C)C1CCN(Cc2ccc(N(C)C)cc2)CC1.Cc1cccs1. The summed E-state index contributed by atoms with van der Waals surface area (Å²) in [4.78, 5) is 8.55. The van der Waals surface area contributed by atoms with E-state index in [0.717, 1.165) is 19.7 Å². The number of aryl methyl sites for hydroxylation is 1. The molecule has 1 aromatic carbocycles. The van der Waals surface area contributed by atoms with Crippen LogP contribution < -0.4 is 4.90 Å². The van der Waals surface area contributed by atoms with E-state index >= 15 is 0 Å². The molecule has 0 aliphatic carbocycles. The highest BCUT2D eigenvalue weighted by Crippen LogP contribution is 2.19. The van der Waals surface area contributed by atoms with Gasteiger partial charge >= 0.3 is 0 Å². The molecule has 1 fully saturated rings. The van der Waals surface area contributed by atoms with Crippen molar-refractivity contribution in [2.45, 2.75) is 32.4 Å². The van der Waals surface area contributed by atoms with Crippen molar-refractivity contribution in [1.29, 1.82) is 0 Å². The van der Waals surface area contributed by atoms with Gasteiger partial charge in [-0.1, -0.05) is 18.2 Å². The van der Waals surface area contributed by atoms with Gasteiger partial charge < -0.3 is 14.5 Å². The third-order valence-electron chi connectivity index (χ3n) is 5.35. The molecule has 2 aromatic rings. The number of anilines is 1.